The summed E-state index contributed by atoms with van der Waals surface area (Å²) >= 11 is 0. The Labute approximate surface area is 123 Å². The van der Waals surface area contributed by atoms with Crippen LogP contribution in [0.4, 0.5) is 0 Å². The number of guanidine groups is 1. The molecule has 21 heavy (non-hydrogen) atoms. The van der Waals surface area contributed by atoms with E-state index in [1.165, 1.54) is 0 Å². The van der Waals surface area contributed by atoms with Gasteiger partial charge in [-0.15, -0.1) is 0 Å². The van der Waals surface area contributed by atoms with Crippen LogP contribution in [0.1, 0.15) is 35.7 Å². The molecule has 0 fully saturated rings. The molecule has 8 heteroatoms. The van der Waals surface area contributed by atoms with E-state index < -0.39 is 0 Å². The molecule has 2 aromatic heterocycles. The molecule has 8 nitrogen and oxygen atoms in total. The highest BCUT2D eigenvalue weighted by Crippen LogP contribution is 2.12. The second kappa shape index (κ2) is 6.87. The van der Waals surface area contributed by atoms with Crippen LogP contribution in [-0.4, -0.2) is 27.8 Å². The molecule has 0 aliphatic heterocycles. The average molecular weight is 292 g/mol. The van der Waals surface area contributed by atoms with E-state index in [1.807, 2.05) is 20.8 Å². The molecule has 0 aliphatic rings. The second-order valence-corrected chi connectivity index (χ2v) is 4.59. The Morgan fingerprint density at radius 3 is 2.52 bits per heavy atom. The summed E-state index contributed by atoms with van der Waals surface area (Å²) in [6.45, 7) is 9.26. The van der Waals surface area contributed by atoms with Gasteiger partial charge < -0.3 is 19.7 Å². The van der Waals surface area contributed by atoms with Gasteiger partial charge >= 0.3 is 0 Å². The average Bonchev–Trinajstić information content (AvgIpc) is 3.00. The van der Waals surface area contributed by atoms with Crippen LogP contribution in [-0.2, 0) is 13.1 Å². The van der Waals surface area contributed by atoms with Crippen LogP contribution in [0.3, 0.4) is 0 Å². The first-order chi connectivity index (χ1) is 10.1. The Hall–Kier alpha value is -2.38. The monoisotopic (exact) mass is 292 g/mol. The number of aryl methyl sites for hydroxylation is 3. The summed E-state index contributed by atoms with van der Waals surface area (Å²) in [4.78, 5) is 8.64. The number of rotatable bonds is 5. The highest BCUT2D eigenvalue weighted by molar-refractivity contribution is 5.79. The fourth-order valence-electron chi connectivity index (χ4n) is 1.80. The van der Waals surface area contributed by atoms with Crippen molar-refractivity contribution in [2.24, 2.45) is 4.99 Å². The lowest BCUT2D eigenvalue weighted by molar-refractivity contribution is 0.371. The molecule has 2 rings (SSSR count). The molecule has 0 aliphatic carbocycles. The van der Waals surface area contributed by atoms with Gasteiger partial charge in [0.25, 0.3) is 0 Å². The molecule has 2 aromatic rings. The smallest absolute Gasteiger partial charge is 0.246 e. The van der Waals surface area contributed by atoms with Crippen molar-refractivity contribution in [1.29, 1.82) is 0 Å². The van der Waals surface area contributed by atoms with E-state index >= 15 is 0 Å². The number of hydrogen-bond donors (Lipinski definition) is 2. The summed E-state index contributed by atoms with van der Waals surface area (Å²) < 4.78 is 10.2. The van der Waals surface area contributed by atoms with E-state index in [1.54, 1.807) is 6.92 Å². The summed E-state index contributed by atoms with van der Waals surface area (Å²) in [6.07, 6.45) is 0. The molecule has 0 aromatic carbocycles. The maximum atomic E-state index is 5.13. The van der Waals surface area contributed by atoms with Gasteiger partial charge in [-0.05, 0) is 27.7 Å². The number of hydrogen-bond acceptors (Lipinski definition) is 6. The van der Waals surface area contributed by atoms with Crippen molar-refractivity contribution < 1.29 is 9.05 Å². The zero-order valence-corrected chi connectivity index (χ0v) is 12.7. The molecule has 2 heterocycles. The molecular formula is C13H20N6O2. The highest BCUT2D eigenvalue weighted by atomic mass is 16.5. The van der Waals surface area contributed by atoms with Crippen LogP contribution in [0.5, 0.6) is 0 Å². The third-order valence-corrected chi connectivity index (χ3v) is 2.90. The van der Waals surface area contributed by atoms with E-state index in [9.17, 15) is 0 Å². The largest absolute Gasteiger partial charge is 0.361 e. The normalized spacial score (nSPS) is 11.7. The maximum absolute atomic E-state index is 5.13. The van der Waals surface area contributed by atoms with Crippen LogP contribution in [0.25, 0.3) is 0 Å². The maximum Gasteiger partial charge on any atom is 0.246 e. The Morgan fingerprint density at radius 2 is 1.95 bits per heavy atom. The Morgan fingerprint density at radius 1 is 1.14 bits per heavy atom. The molecule has 0 bridgehead atoms. The third kappa shape index (κ3) is 4.04. The quantitative estimate of drug-likeness (QED) is 0.631. The van der Waals surface area contributed by atoms with Crippen molar-refractivity contribution >= 4 is 5.96 Å². The molecule has 0 unspecified atom stereocenters. The van der Waals surface area contributed by atoms with Gasteiger partial charge in [-0.3, -0.25) is 0 Å². The first kappa shape index (κ1) is 15.0. The molecular weight excluding hydrogens is 272 g/mol. The molecule has 0 spiro atoms. The van der Waals surface area contributed by atoms with Gasteiger partial charge in [-0.25, -0.2) is 4.99 Å². The van der Waals surface area contributed by atoms with Gasteiger partial charge in [0.1, 0.15) is 5.76 Å². The lowest BCUT2D eigenvalue weighted by Crippen LogP contribution is -2.36. The van der Waals surface area contributed by atoms with E-state index in [0.717, 1.165) is 23.6 Å². The minimum Gasteiger partial charge on any atom is -0.361 e. The minimum atomic E-state index is 0.425. The predicted octanol–water partition coefficient (Wildman–Crippen LogP) is 1.24. The van der Waals surface area contributed by atoms with Crippen molar-refractivity contribution in [2.75, 3.05) is 6.54 Å². The highest BCUT2D eigenvalue weighted by Gasteiger charge is 2.09. The standard InChI is InChI=1S/C13H20N6O2/c1-5-14-13(16-7-12-17-10(4)19-21-12)15-6-11-8(2)18-20-9(11)3/h5-7H2,1-4H3,(H2,14,15,16). The van der Waals surface area contributed by atoms with Crippen molar-refractivity contribution in [3.8, 4) is 0 Å². The van der Waals surface area contributed by atoms with Crippen LogP contribution < -0.4 is 10.6 Å². The van der Waals surface area contributed by atoms with Gasteiger partial charge in [0.15, 0.2) is 11.8 Å². The van der Waals surface area contributed by atoms with Crippen molar-refractivity contribution in [3.63, 3.8) is 0 Å². The van der Waals surface area contributed by atoms with Crippen LogP contribution >= 0.6 is 0 Å². The molecule has 0 amide bonds. The first-order valence-electron chi connectivity index (χ1n) is 6.83. The molecule has 0 saturated carbocycles. The lowest BCUT2D eigenvalue weighted by atomic mass is 10.2. The molecule has 0 radical (unpaired) electrons. The Kier molecular flexibility index (Phi) is 4.91. The van der Waals surface area contributed by atoms with Crippen LogP contribution in [0.2, 0.25) is 0 Å². The summed E-state index contributed by atoms with van der Waals surface area (Å²) in [5.74, 6) is 2.60. The van der Waals surface area contributed by atoms with E-state index in [-0.39, 0.29) is 0 Å². The Bertz CT molecular complexity index is 596. The van der Waals surface area contributed by atoms with E-state index in [0.29, 0.717) is 30.8 Å². The number of aromatic nitrogens is 3. The second-order valence-electron chi connectivity index (χ2n) is 4.59. The van der Waals surface area contributed by atoms with Gasteiger partial charge in [0.05, 0.1) is 18.8 Å². The third-order valence-electron chi connectivity index (χ3n) is 2.90. The zero-order chi connectivity index (χ0) is 15.2. The molecule has 114 valence electrons. The predicted molar refractivity (Wildman–Crippen MR) is 76.7 cm³/mol. The van der Waals surface area contributed by atoms with E-state index in [2.05, 4.69) is 30.9 Å². The number of aliphatic imine (C=N–C) groups is 1. The van der Waals surface area contributed by atoms with Gasteiger partial charge in [0.2, 0.25) is 5.89 Å². The van der Waals surface area contributed by atoms with Gasteiger partial charge in [-0.1, -0.05) is 10.3 Å². The lowest BCUT2D eigenvalue weighted by Gasteiger charge is -2.09. The fraction of sp³-hybridized carbons (Fsp3) is 0.538. The minimum absolute atomic E-state index is 0.425. The summed E-state index contributed by atoms with van der Waals surface area (Å²) in [5.41, 5.74) is 1.86. The van der Waals surface area contributed by atoms with Gasteiger partial charge in [-0.2, -0.15) is 4.98 Å². The van der Waals surface area contributed by atoms with Crippen molar-refractivity contribution in [1.82, 2.24) is 25.9 Å². The van der Waals surface area contributed by atoms with E-state index in [4.69, 9.17) is 9.05 Å². The van der Waals surface area contributed by atoms with Gasteiger partial charge in [0, 0.05) is 12.1 Å². The molecule has 2 N–H and O–H groups in total. The zero-order valence-electron chi connectivity index (χ0n) is 12.7. The first-order valence-corrected chi connectivity index (χ1v) is 6.83. The van der Waals surface area contributed by atoms with Crippen molar-refractivity contribution in [2.45, 2.75) is 40.8 Å². The fourth-order valence-corrected chi connectivity index (χ4v) is 1.80. The summed E-state index contributed by atoms with van der Waals surface area (Å²) in [5, 5.41) is 14.0. The van der Waals surface area contributed by atoms with Crippen LogP contribution in [0, 0.1) is 20.8 Å². The van der Waals surface area contributed by atoms with Crippen molar-refractivity contribution in [3.05, 3.63) is 28.7 Å². The summed E-state index contributed by atoms with van der Waals surface area (Å²) in [6, 6.07) is 0. The SMILES string of the molecule is CCNC(=NCc1c(C)noc1C)NCc1nc(C)no1. The topological polar surface area (TPSA) is 101 Å². The number of nitrogens with one attached hydrogen (secondary N) is 2. The number of nitrogens with zero attached hydrogens (tertiary/aromatic N) is 4. The molecule has 0 saturated heterocycles. The molecule has 0 atom stereocenters. The Balaban J connectivity index is 1.99. The van der Waals surface area contributed by atoms with Crippen LogP contribution in [0.15, 0.2) is 14.0 Å². The summed E-state index contributed by atoms with van der Waals surface area (Å²) in [7, 11) is 0.